The van der Waals surface area contributed by atoms with E-state index < -0.39 is 0 Å². The number of aryl methyl sites for hydroxylation is 1. The topological polar surface area (TPSA) is 29.0 Å². The van der Waals surface area contributed by atoms with Crippen LogP contribution in [0.5, 0.6) is 0 Å². The molecule has 2 heterocycles. The Morgan fingerprint density at radius 3 is 2.43 bits per heavy atom. The SMILES string of the molecule is CCc1ccc(C2=CCN(c3ncc(Br)cn3)CC2)cc1. The fourth-order valence-corrected chi connectivity index (χ4v) is 2.74. The quantitative estimate of drug-likeness (QED) is 0.840. The zero-order valence-corrected chi connectivity index (χ0v) is 13.7. The molecule has 21 heavy (non-hydrogen) atoms. The Balaban J connectivity index is 1.72. The van der Waals surface area contributed by atoms with Crippen molar-refractivity contribution in [3.63, 3.8) is 0 Å². The number of halogens is 1. The monoisotopic (exact) mass is 343 g/mol. The summed E-state index contributed by atoms with van der Waals surface area (Å²) in [7, 11) is 0. The first-order valence-electron chi connectivity index (χ1n) is 7.27. The second-order valence-electron chi connectivity index (χ2n) is 5.18. The Kier molecular flexibility index (Phi) is 4.34. The maximum atomic E-state index is 4.36. The van der Waals surface area contributed by atoms with Crippen LogP contribution in [0, 0.1) is 0 Å². The summed E-state index contributed by atoms with van der Waals surface area (Å²) in [5.74, 6) is 0.801. The van der Waals surface area contributed by atoms with Gasteiger partial charge in [-0.05, 0) is 45.5 Å². The van der Waals surface area contributed by atoms with E-state index in [1.54, 1.807) is 12.4 Å². The summed E-state index contributed by atoms with van der Waals surface area (Å²) in [5.41, 5.74) is 4.15. The van der Waals surface area contributed by atoms with E-state index in [9.17, 15) is 0 Å². The summed E-state index contributed by atoms with van der Waals surface area (Å²) >= 11 is 3.37. The molecule has 0 bridgehead atoms. The van der Waals surface area contributed by atoms with Crippen LogP contribution in [-0.4, -0.2) is 23.1 Å². The van der Waals surface area contributed by atoms with Crippen molar-refractivity contribution in [1.82, 2.24) is 9.97 Å². The van der Waals surface area contributed by atoms with Gasteiger partial charge in [0.05, 0.1) is 4.47 Å². The first-order valence-corrected chi connectivity index (χ1v) is 8.06. The van der Waals surface area contributed by atoms with Gasteiger partial charge in [0.2, 0.25) is 5.95 Å². The van der Waals surface area contributed by atoms with Crippen molar-refractivity contribution >= 4 is 27.5 Å². The molecule has 0 fully saturated rings. The molecule has 0 unspecified atom stereocenters. The molecule has 1 aromatic heterocycles. The fraction of sp³-hybridized carbons (Fsp3) is 0.294. The minimum Gasteiger partial charge on any atom is -0.337 e. The Labute approximate surface area is 133 Å². The first-order chi connectivity index (χ1) is 10.3. The molecule has 0 amide bonds. The summed E-state index contributed by atoms with van der Waals surface area (Å²) in [4.78, 5) is 10.9. The van der Waals surface area contributed by atoms with Crippen LogP contribution in [0.4, 0.5) is 5.95 Å². The van der Waals surface area contributed by atoms with Crippen LogP contribution < -0.4 is 4.90 Å². The fourth-order valence-electron chi connectivity index (χ4n) is 2.54. The van der Waals surface area contributed by atoms with Crippen LogP contribution in [0.25, 0.3) is 5.57 Å². The van der Waals surface area contributed by atoms with E-state index in [1.807, 2.05) is 0 Å². The summed E-state index contributed by atoms with van der Waals surface area (Å²) in [6, 6.07) is 8.91. The third kappa shape index (κ3) is 3.32. The predicted octanol–water partition coefficient (Wildman–Crippen LogP) is 4.10. The normalized spacial score (nSPS) is 15.0. The Hall–Kier alpha value is -1.68. The maximum absolute atomic E-state index is 4.36. The number of nitrogens with zero attached hydrogens (tertiary/aromatic N) is 3. The number of benzene rings is 1. The molecule has 0 radical (unpaired) electrons. The third-order valence-corrected chi connectivity index (χ3v) is 4.24. The van der Waals surface area contributed by atoms with Gasteiger partial charge in [0.15, 0.2) is 0 Å². The highest BCUT2D eigenvalue weighted by Gasteiger charge is 2.15. The molecule has 1 aliphatic rings. The molecule has 0 N–H and O–H groups in total. The number of hydrogen-bond acceptors (Lipinski definition) is 3. The molecule has 0 saturated carbocycles. The van der Waals surface area contributed by atoms with E-state index in [1.165, 1.54) is 16.7 Å². The van der Waals surface area contributed by atoms with Crippen LogP contribution in [0.3, 0.4) is 0 Å². The first kappa shape index (κ1) is 14.3. The van der Waals surface area contributed by atoms with E-state index in [2.05, 4.69) is 68.1 Å². The molecule has 4 heteroatoms. The van der Waals surface area contributed by atoms with Crippen molar-refractivity contribution < 1.29 is 0 Å². The average molecular weight is 344 g/mol. The van der Waals surface area contributed by atoms with Gasteiger partial charge in [-0.1, -0.05) is 37.3 Å². The van der Waals surface area contributed by atoms with E-state index in [0.717, 1.165) is 36.4 Å². The number of anilines is 1. The summed E-state index contributed by atoms with van der Waals surface area (Å²) in [6.45, 7) is 4.01. The van der Waals surface area contributed by atoms with Crippen molar-refractivity contribution in [2.24, 2.45) is 0 Å². The molecule has 3 rings (SSSR count). The largest absolute Gasteiger partial charge is 0.337 e. The van der Waals surface area contributed by atoms with Crippen LogP contribution in [0.15, 0.2) is 47.2 Å². The van der Waals surface area contributed by atoms with Gasteiger partial charge >= 0.3 is 0 Å². The molecule has 0 atom stereocenters. The van der Waals surface area contributed by atoms with Crippen molar-refractivity contribution in [3.8, 4) is 0 Å². The second kappa shape index (κ2) is 6.39. The minimum absolute atomic E-state index is 0.801. The zero-order chi connectivity index (χ0) is 14.7. The molecular weight excluding hydrogens is 326 g/mol. The maximum Gasteiger partial charge on any atom is 0.225 e. The van der Waals surface area contributed by atoms with Crippen molar-refractivity contribution in [2.75, 3.05) is 18.0 Å². The van der Waals surface area contributed by atoms with Gasteiger partial charge in [0, 0.05) is 25.5 Å². The molecule has 108 valence electrons. The molecular formula is C17H18BrN3. The zero-order valence-electron chi connectivity index (χ0n) is 12.1. The molecule has 0 spiro atoms. The highest BCUT2D eigenvalue weighted by molar-refractivity contribution is 9.10. The predicted molar refractivity (Wildman–Crippen MR) is 90.4 cm³/mol. The van der Waals surface area contributed by atoms with Crippen LogP contribution in [0.1, 0.15) is 24.5 Å². The van der Waals surface area contributed by atoms with Gasteiger partial charge in [0.1, 0.15) is 0 Å². The lowest BCUT2D eigenvalue weighted by molar-refractivity contribution is 0.795. The Morgan fingerprint density at radius 1 is 1.14 bits per heavy atom. The molecule has 2 aromatic rings. The van der Waals surface area contributed by atoms with E-state index in [4.69, 9.17) is 0 Å². The Bertz CT molecular complexity index is 632. The van der Waals surface area contributed by atoms with Crippen LogP contribution in [-0.2, 0) is 6.42 Å². The molecule has 1 aromatic carbocycles. The van der Waals surface area contributed by atoms with Gasteiger partial charge in [0.25, 0.3) is 0 Å². The highest BCUT2D eigenvalue weighted by Crippen LogP contribution is 2.24. The summed E-state index contributed by atoms with van der Waals surface area (Å²) in [5, 5.41) is 0. The number of aromatic nitrogens is 2. The van der Waals surface area contributed by atoms with E-state index in [0.29, 0.717) is 0 Å². The smallest absolute Gasteiger partial charge is 0.225 e. The highest BCUT2D eigenvalue weighted by atomic mass is 79.9. The van der Waals surface area contributed by atoms with Gasteiger partial charge in [-0.3, -0.25) is 0 Å². The lowest BCUT2D eigenvalue weighted by atomic mass is 9.98. The third-order valence-electron chi connectivity index (χ3n) is 3.83. The molecule has 0 saturated heterocycles. The van der Waals surface area contributed by atoms with Crippen molar-refractivity contribution in [2.45, 2.75) is 19.8 Å². The molecule has 0 aliphatic carbocycles. The summed E-state index contributed by atoms with van der Waals surface area (Å²) in [6.07, 6.45) is 8.00. The van der Waals surface area contributed by atoms with Crippen molar-refractivity contribution in [1.29, 1.82) is 0 Å². The van der Waals surface area contributed by atoms with Crippen LogP contribution in [0.2, 0.25) is 0 Å². The summed E-state index contributed by atoms with van der Waals surface area (Å²) < 4.78 is 0.913. The lowest BCUT2D eigenvalue weighted by Crippen LogP contribution is -2.29. The number of rotatable bonds is 3. The van der Waals surface area contributed by atoms with E-state index in [-0.39, 0.29) is 0 Å². The van der Waals surface area contributed by atoms with Gasteiger partial charge in [-0.15, -0.1) is 0 Å². The standard InChI is InChI=1S/C17H18BrN3/c1-2-13-3-5-14(6-4-13)15-7-9-21(10-8-15)17-19-11-16(18)12-20-17/h3-7,11-12H,2,8-10H2,1H3. The van der Waals surface area contributed by atoms with Gasteiger partial charge in [-0.25, -0.2) is 9.97 Å². The van der Waals surface area contributed by atoms with Gasteiger partial charge in [-0.2, -0.15) is 0 Å². The lowest BCUT2D eigenvalue weighted by Gasteiger charge is -2.26. The molecule has 3 nitrogen and oxygen atoms in total. The van der Waals surface area contributed by atoms with Gasteiger partial charge < -0.3 is 4.90 Å². The van der Waals surface area contributed by atoms with Crippen molar-refractivity contribution in [3.05, 3.63) is 58.3 Å². The Morgan fingerprint density at radius 2 is 1.86 bits per heavy atom. The number of hydrogen-bond donors (Lipinski definition) is 0. The molecule has 1 aliphatic heterocycles. The second-order valence-corrected chi connectivity index (χ2v) is 6.09. The minimum atomic E-state index is 0.801. The average Bonchev–Trinajstić information content (AvgIpc) is 2.56. The van der Waals surface area contributed by atoms with E-state index >= 15 is 0 Å². The van der Waals surface area contributed by atoms with Crippen LogP contribution >= 0.6 is 15.9 Å².